The van der Waals surface area contributed by atoms with E-state index in [4.69, 9.17) is 4.42 Å². The number of hydrogen-bond donors (Lipinski definition) is 1. The zero-order chi connectivity index (χ0) is 11.4. The summed E-state index contributed by atoms with van der Waals surface area (Å²) in [6.45, 7) is 4.27. The van der Waals surface area contributed by atoms with Gasteiger partial charge in [0.25, 0.3) is 0 Å². The van der Waals surface area contributed by atoms with E-state index in [1.807, 2.05) is 18.2 Å². The molecule has 0 saturated heterocycles. The van der Waals surface area contributed by atoms with Gasteiger partial charge in [0.15, 0.2) is 0 Å². The third kappa shape index (κ3) is 2.52. The van der Waals surface area contributed by atoms with Gasteiger partial charge in [-0.25, -0.2) is 0 Å². The number of benzene rings is 1. The lowest BCUT2D eigenvalue weighted by atomic mass is 10.1. The monoisotopic (exact) mass is 215 g/mol. The van der Waals surface area contributed by atoms with Gasteiger partial charge >= 0.3 is 0 Å². The molecule has 0 fully saturated rings. The smallest absolute Gasteiger partial charge is 0.120 e. The van der Waals surface area contributed by atoms with Crippen molar-refractivity contribution in [1.82, 2.24) is 5.32 Å². The number of nitrogens with one attached hydrogen (secondary N) is 1. The van der Waals surface area contributed by atoms with Crippen LogP contribution in [0.4, 0.5) is 0 Å². The van der Waals surface area contributed by atoms with Crippen molar-refractivity contribution >= 4 is 0 Å². The highest BCUT2D eigenvalue weighted by molar-refractivity contribution is 5.18. The summed E-state index contributed by atoms with van der Waals surface area (Å²) in [5.74, 6) is 0.975. The lowest BCUT2D eigenvalue weighted by Gasteiger charge is -2.18. The van der Waals surface area contributed by atoms with Gasteiger partial charge in [-0.15, -0.1) is 0 Å². The Morgan fingerprint density at radius 3 is 2.31 bits per heavy atom. The number of hydrogen-bond acceptors (Lipinski definition) is 2. The van der Waals surface area contributed by atoms with Crippen LogP contribution in [0.15, 0.2) is 53.1 Å². The summed E-state index contributed by atoms with van der Waals surface area (Å²) in [6.07, 6.45) is 1.71. The fraction of sp³-hybridized carbons (Fsp3) is 0.286. The molecule has 0 saturated carbocycles. The maximum atomic E-state index is 5.37. The molecule has 2 aromatic rings. The van der Waals surface area contributed by atoms with E-state index in [-0.39, 0.29) is 6.04 Å². The maximum absolute atomic E-state index is 5.37. The van der Waals surface area contributed by atoms with Gasteiger partial charge in [-0.05, 0) is 31.5 Å². The first-order chi connectivity index (χ1) is 7.77. The normalized spacial score (nSPS) is 14.6. The van der Waals surface area contributed by atoms with Gasteiger partial charge in [-0.1, -0.05) is 30.3 Å². The molecule has 2 atom stereocenters. The van der Waals surface area contributed by atoms with E-state index in [2.05, 4.69) is 43.4 Å². The van der Waals surface area contributed by atoms with E-state index >= 15 is 0 Å². The van der Waals surface area contributed by atoms with E-state index in [0.29, 0.717) is 6.04 Å². The molecule has 1 heterocycles. The van der Waals surface area contributed by atoms with Crippen LogP contribution in [0.5, 0.6) is 0 Å². The molecule has 16 heavy (non-hydrogen) atoms. The van der Waals surface area contributed by atoms with Crippen LogP contribution in [0.1, 0.15) is 37.3 Å². The maximum Gasteiger partial charge on any atom is 0.120 e. The Hall–Kier alpha value is -1.54. The van der Waals surface area contributed by atoms with Gasteiger partial charge < -0.3 is 9.73 Å². The fourth-order valence-electron chi connectivity index (χ4n) is 1.83. The van der Waals surface area contributed by atoms with Crippen LogP contribution in [0.25, 0.3) is 0 Å². The summed E-state index contributed by atoms with van der Waals surface area (Å²) in [7, 11) is 0. The van der Waals surface area contributed by atoms with Crippen molar-refractivity contribution in [3.8, 4) is 0 Å². The molecule has 1 aromatic heterocycles. The molecule has 0 aliphatic carbocycles. The molecule has 1 aromatic carbocycles. The van der Waals surface area contributed by atoms with E-state index in [1.54, 1.807) is 6.26 Å². The first kappa shape index (κ1) is 11.0. The van der Waals surface area contributed by atoms with Crippen molar-refractivity contribution in [3.05, 3.63) is 60.1 Å². The Morgan fingerprint density at radius 2 is 1.69 bits per heavy atom. The zero-order valence-corrected chi connectivity index (χ0v) is 9.68. The molecule has 84 valence electrons. The lowest BCUT2D eigenvalue weighted by molar-refractivity contribution is 0.403. The summed E-state index contributed by atoms with van der Waals surface area (Å²) in [4.78, 5) is 0. The average molecular weight is 215 g/mol. The average Bonchev–Trinajstić information content (AvgIpc) is 2.83. The van der Waals surface area contributed by atoms with Gasteiger partial charge in [0.2, 0.25) is 0 Å². The highest BCUT2D eigenvalue weighted by atomic mass is 16.3. The Balaban J connectivity index is 2.00. The Labute approximate surface area is 96.3 Å². The first-order valence-electron chi connectivity index (χ1n) is 5.62. The molecule has 0 radical (unpaired) electrons. The molecule has 2 rings (SSSR count). The number of rotatable bonds is 4. The van der Waals surface area contributed by atoms with Crippen molar-refractivity contribution in [2.75, 3.05) is 0 Å². The molecule has 0 unspecified atom stereocenters. The molecule has 2 heteroatoms. The van der Waals surface area contributed by atoms with Crippen molar-refractivity contribution in [1.29, 1.82) is 0 Å². The largest absolute Gasteiger partial charge is 0.468 e. The Kier molecular flexibility index (Phi) is 3.42. The van der Waals surface area contributed by atoms with E-state index < -0.39 is 0 Å². The van der Waals surface area contributed by atoms with Crippen molar-refractivity contribution < 1.29 is 4.42 Å². The van der Waals surface area contributed by atoms with Crippen LogP contribution < -0.4 is 5.32 Å². The third-order valence-corrected chi connectivity index (χ3v) is 2.77. The summed E-state index contributed by atoms with van der Waals surface area (Å²) in [5.41, 5.74) is 1.29. The molecule has 1 N–H and O–H groups in total. The van der Waals surface area contributed by atoms with Gasteiger partial charge in [-0.3, -0.25) is 0 Å². The summed E-state index contributed by atoms with van der Waals surface area (Å²) < 4.78 is 5.37. The fourth-order valence-corrected chi connectivity index (χ4v) is 1.83. The predicted molar refractivity (Wildman–Crippen MR) is 65.1 cm³/mol. The van der Waals surface area contributed by atoms with Gasteiger partial charge in [0, 0.05) is 6.04 Å². The van der Waals surface area contributed by atoms with Crippen LogP contribution in [-0.2, 0) is 0 Å². The van der Waals surface area contributed by atoms with Crippen LogP contribution in [0.3, 0.4) is 0 Å². The minimum atomic E-state index is 0.227. The van der Waals surface area contributed by atoms with Gasteiger partial charge in [0.05, 0.1) is 12.3 Å². The second-order valence-corrected chi connectivity index (χ2v) is 4.04. The van der Waals surface area contributed by atoms with Crippen molar-refractivity contribution in [3.63, 3.8) is 0 Å². The van der Waals surface area contributed by atoms with Crippen molar-refractivity contribution in [2.24, 2.45) is 0 Å². The zero-order valence-electron chi connectivity index (χ0n) is 9.68. The predicted octanol–water partition coefficient (Wildman–Crippen LogP) is 3.69. The molecular weight excluding hydrogens is 198 g/mol. The molecule has 0 spiro atoms. The van der Waals surface area contributed by atoms with Gasteiger partial charge in [0.1, 0.15) is 5.76 Å². The van der Waals surface area contributed by atoms with E-state index in [0.717, 1.165) is 5.76 Å². The lowest BCUT2D eigenvalue weighted by Crippen LogP contribution is -2.22. The quantitative estimate of drug-likeness (QED) is 0.841. The Bertz CT molecular complexity index is 408. The van der Waals surface area contributed by atoms with Gasteiger partial charge in [-0.2, -0.15) is 0 Å². The molecule has 0 bridgehead atoms. The first-order valence-corrected chi connectivity index (χ1v) is 5.62. The topological polar surface area (TPSA) is 25.2 Å². The SMILES string of the molecule is C[C@@H](N[C@H](C)c1ccco1)c1ccccc1. The molecule has 2 nitrogen and oxygen atoms in total. The highest BCUT2D eigenvalue weighted by Gasteiger charge is 2.12. The minimum absolute atomic E-state index is 0.227. The summed E-state index contributed by atoms with van der Waals surface area (Å²) >= 11 is 0. The van der Waals surface area contributed by atoms with E-state index in [1.165, 1.54) is 5.56 Å². The highest BCUT2D eigenvalue weighted by Crippen LogP contribution is 2.19. The molecule has 0 aliphatic rings. The second-order valence-electron chi connectivity index (χ2n) is 4.04. The van der Waals surface area contributed by atoms with Crippen LogP contribution in [-0.4, -0.2) is 0 Å². The third-order valence-electron chi connectivity index (χ3n) is 2.77. The number of furan rings is 1. The molecular formula is C14H17NO. The molecule has 0 aliphatic heterocycles. The van der Waals surface area contributed by atoms with Crippen LogP contribution in [0, 0.1) is 0 Å². The van der Waals surface area contributed by atoms with Crippen LogP contribution in [0.2, 0.25) is 0 Å². The Morgan fingerprint density at radius 1 is 0.938 bits per heavy atom. The summed E-state index contributed by atoms with van der Waals surface area (Å²) in [6, 6.07) is 14.9. The second kappa shape index (κ2) is 4.99. The standard InChI is InChI=1S/C14H17NO/c1-11(13-7-4-3-5-8-13)15-12(2)14-9-6-10-16-14/h3-12,15H,1-2H3/t11-,12-/m1/s1. The summed E-state index contributed by atoms with van der Waals surface area (Å²) in [5, 5.41) is 3.50. The van der Waals surface area contributed by atoms with Crippen LogP contribution >= 0.6 is 0 Å². The van der Waals surface area contributed by atoms with Crippen molar-refractivity contribution in [2.45, 2.75) is 25.9 Å². The minimum Gasteiger partial charge on any atom is -0.468 e. The van der Waals surface area contributed by atoms with E-state index in [9.17, 15) is 0 Å². The molecule has 0 amide bonds.